The van der Waals surface area contributed by atoms with Gasteiger partial charge < -0.3 is 9.79 Å². The number of aryl methyl sites for hydroxylation is 1. The van der Waals surface area contributed by atoms with E-state index in [0.29, 0.717) is 6.42 Å². The van der Waals surface area contributed by atoms with Crippen molar-refractivity contribution in [2.24, 2.45) is 0 Å². The molecule has 1 rings (SSSR count). The Morgan fingerprint density at radius 3 is 2.42 bits per heavy atom. The van der Waals surface area contributed by atoms with Crippen molar-refractivity contribution in [2.75, 3.05) is 6.16 Å². The lowest BCUT2D eigenvalue weighted by atomic mass is 10.2. The largest absolute Gasteiger partial charge is 0.325 e. The van der Waals surface area contributed by atoms with Crippen LogP contribution in [0.2, 0.25) is 0 Å². The summed E-state index contributed by atoms with van der Waals surface area (Å²) < 4.78 is 10.5. The second-order valence-corrected chi connectivity index (χ2v) is 4.32. The first-order chi connectivity index (χ1) is 5.58. The van der Waals surface area contributed by atoms with Crippen LogP contribution in [0, 0.1) is 6.07 Å². The lowest BCUT2D eigenvalue weighted by molar-refractivity contribution is 0.373. The number of hydrogen-bond donors (Lipinski definition) is 2. The molecule has 0 saturated carbocycles. The minimum absolute atomic E-state index is 0.0863. The van der Waals surface area contributed by atoms with Crippen molar-refractivity contribution in [3.63, 3.8) is 0 Å². The number of rotatable bonds is 3. The summed E-state index contributed by atoms with van der Waals surface area (Å²) in [6.45, 7) is 0. The van der Waals surface area contributed by atoms with Crippen LogP contribution in [-0.2, 0) is 11.0 Å². The Bertz CT molecular complexity index is 278. The van der Waals surface area contributed by atoms with Gasteiger partial charge in [-0.15, -0.1) is 0 Å². The van der Waals surface area contributed by atoms with Crippen molar-refractivity contribution in [2.45, 2.75) is 6.42 Å². The van der Waals surface area contributed by atoms with Gasteiger partial charge in [-0.3, -0.25) is 4.57 Å². The van der Waals surface area contributed by atoms with Gasteiger partial charge in [0.25, 0.3) is 0 Å². The Morgan fingerprint density at radius 2 is 1.92 bits per heavy atom. The van der Waals surface area contributed by atoms with Crippen LogP contribution >= 0.6 is 7.60 Å². The van der Waals surface area contributed by atoms with Crippen LogP contribution in [0.25, 0.3) is 0 Å². The van der Waals surface area contributed by atoms with Crippen LogP contribution in [0.4, 0.5) is 0 Å². The van der Waals surface area contributed by atoms with Crippen LogP contribution in [0.1, 0.15) is 5.56 Å². The first kappa shape index (κ1) is 9.46. The normalized spacial score (nSPS) is 11.5. The van der Waals surface area contributed by atoms with E-state index >= 15 is 0 Å². The molecule has 65 valence electrons. The van der Waals surface area contributed by atoms with E-state index < -0.39 is 7.60 Å². The number of hydrogen-bond acceptors (Lipinski definition) is 1. The molecule has 0 saturated heterocycles. The topological polar surface area (TPSA) is 57.5 Å². The quantitative estimate of drug-likeness (QED) is 0.696. The third kappa shape index (κ3) is 3.67. The lowest BCUT2D eigenvalue weighted by Gasteiger charge is -2.02. The van der Waals surface area contributed by atoms with E-state index in [1.165, 1.54) is 0 Å². The van der Waals surface area contributed by atoms with Gasteiger partial charge in [0, 0.05) is 0 Å². The van der Waals surface area contributed by atoms with Gasteiger partial charge in [0.05, 0.1) is 6.16 Å². The van der Waals surface area contributed by atoms with Gasteiger partial charge in [-0.25, -0.2) is 0 Å². The summed E-state index contributed by atoms with van der Waals surface area (Å²) in [7, 11) is -3.84. The fourth-order valence-corrected chi connectivity index (χ4v) is 1.41. The average molecular weight is 185 g/mol. The molecule has 4 heteroatoms. The second-order valence-electron chi connectivity index (χ2n) is 2.55. The molecule has 0 atom stereocenters. The van der Waals surface area contributed by atoms with E-state index in [4.69, 9.17) is 9.79 Å². The molecule has 0 spiro atoms. The smallest absolute Gasteiger partial charge is 0.324 e. The van der Waals surface area contributed by atoms with Gasteiger partial charge >= 0.3 is 7.60 Å². The molecule has 0 heterocycles. The van der Waals surface area contributed by atoms with Crippen LogP contribution in [-0.4, -0.2) is 15.9 Å². The van der Waals surface area contributed by atoms with Gasteiger partial charge in [0.15, 0.2) is 0 Å². The molecule has 0 amide bonds. The molecule has 0 bridgehead atoms. The van der Waals surface area contributed by atoms with E-state index in [0.717, 1.165) is 5.56 Å². The van der Waals surface area contributed by atoms with E-state index in [-0.39, 0.29) is 6.16 Å². The molecule has 0 unspecified atom stereocenters. The summed E-state index contributed by atoms with van der Waals surface area (Å²) in [4.78, 5) is 17.2. The number of benzene rings is 1. The van der Waals surface area contributed by atoms with Crippen molar-refractivity contribution in [3.8, 4) is 0 Å². The predicted molar refractivity (Wildman–Crippen MR) is 45.9 cm³/mol. The fourth-order valence-electron chi connectivity index (χ4n) is 0.863. The second kappa shape index (κ2) is 3.85. The van der Waals surface area contributed by atoms with Crippen molar-refractivity contribution in [1.82, 2.24) is 0 Å². The Hall–Kier alpha value is -0.630. The molecule has 0 aliphatic carbocycles. The van der Waals surface area contributed by atoms with Crippen LogP contribution in [0.15, 0.2) is 24.3 Å². The highest BCUT2D eigenvalue weighted by Crippen LogP contribution is 2.34. The van der Waals surface area contributed by atoms with Gasteiger partial charge in [-0.1, -0.05) is 24.3 Å². The Labute approximate surface area is 71.2 Å². The van der Waals surface area contributed by atoms with Crippen LogP contribution < -0.4 is 0 Å². The van der Waals surface area contributed by atoms with Crippen molar-refractivity contribution < 1.29 is 14.4 Å². The highest BCUT2D eigenvalue weighted by Gasteiger charge is 2.11. The summed E-state index contributed by atoms with van der Waals surface area (Å²) in [6, 6.07) is 9.90. The molecule has 2 N–H and O–H groups in total. The van der Waals surface area contributed by atoms with Gasteiger partial charge in [0.2, 0.25) is 0 Å². The fraction of sp³-hybridized carbons (Fsp3) is 0.250. The molecule has 0 fully saturated rings. The first-order valence-electron chi connectivity index (χ1n) is 3.57. The summed E-state index contributed by atoms with van der Waals surface area (Å²) in [5, 5.41) is 0. The monoisotopic (exact) mass is 185 g/mol. The van der Waals surface area contributed by atoms with Gasteiger partial charge in [-0.05, 0) is 18.1 Å². The molecule has 0 aliphatic heterocycles. The molecular formula is C8H10O3P. The van der Waals surface area contributed by atoms with E-state index in [1.54, 1.807) is 24.3 Å². The molecule has 1 aromatic carbocycles. The van der Waals surface area contributed by atoms with Gasteiger partial charge in [-0.2, -0.15) is 0 Å². The Kier molecular flexibility index (Phi) is 3.04. The van der Waals surface area contributed by atoms with Crippen molar-refractivity contribution >= 4 is 7.60 Å². The molecule has 1 radical (unpaired) electrons. The van der Waals surface area contributed by atoms with Gasteiger partial charge in [0.1, 0.15) is 0 Å². The summed E-state index contributed by atoms with van der Waals surface area (Å²) in [5.74, 6) is 0. The molecule has 0 aliphatic rings. The average Bonchev–Trinajstić information content (AvgIpc) is 2.02. The van der Waals surface area contributed by atoms with E-state index in [9.17, 15) is 4.57 Å². The highest BCUT2D eigenvalue weighted by atomic mass is 31.2. The third-order valence-corrected chi connectivity index (χ3v) is 2.29. The molecule has 1 aromatic rings. The zero-order valence-electron chi connectivity index (χ0n) is 6.47. The minimum Gasteiger partial charge on any atom is -0.324 e. The zero-order chi connectivity index (χ0) is 9.03. The zero-order valence-corrected chi connectivity index (χ0v) is 7.37. The molecule has 0 aromatic heterocycles. The molecular weight excluding hydrogens is 175 g/mol. The Morgan fingerprint density at radius 1 is 1.33 bits per heavy atom. The Balaban J connectivity index is 2.50. The highest BCUT2D eigenvalue weighted by molar-refractivity contribution is 7.51. The standard InChI is InChI=1S/C8H10O3P/c9-12(10,11)7-6-8-4-2-1-3-5-8/h2-5H,6-7H2,(H2,9,10,11). The van der Waals surface area contributed by atoms with E-state index in [2.05, 4.69) is 6.07 Å². The van der Waals surface area contributed by atoms with Crippen molar-refractivity contribution in [3.05, 3.63) is 35.9 Å². The summed E-state index contributed by atoms with van der Waals surface area (Å²) >= 11 is 0. The SMILES string of the molecule is O=P(O)(O)CCc1cc[c]cc1. The molecule has 3 nitrogen and oxygen atoms in total. The minimum atomic E-state index is -3.84. The maximum Gasteiger partial charge on any atom is 0.325 e. The predicted octanol–water partition coefficient (Wildman–Crippen LogP) is 1.21. The first-order valence-corrected chi connectivity index (χ1v) is 5.37. The van der Waals surface area contributed by atoms with Crippen molar-refractivity contribution in [1.29, 1.82) is 0 Å². The van der Waals surface area contributed by atoms with E-state index in [1.807, 2.05) is 0 Å². The molecule has 12 heavy (non-hydrogen) atoms. The van der Waals surface area contributed by atoms with Crippen LogP contribution in [0.5, 0.6) is 0 Å². The third-order valence-electron chi connectivity index (χ3n) is 1.48. The van der Waals surface area contributed by atoms with Crippen LogP contribution in [0.3, 0.4) is 0 Å². The maximum atomic E-state index is 10.5. The summed E-state index contributed by atoms with van der Waals surface area (Å²) in [5.41, 5.74) is 0.928. The lowest BCUT2D eigenvalue weighted by Crippen LogP contribution is -1.92. The maximum absolute atomic E-state index is 10.5. The summed E-state index contributed by atoms with van der Waals surface area (Å²) in [6.07, 6.45) is 0.329.